The number of benzene rings is 1. The molecule has 0 bridgehead atoms. The van der Waals surface area contributed by atoms with Crippen molar-refractivity contribution < 1.29 is 4.52 Å². The molecule has 90 valence electrons. The van der Waals surface area contributed by atoms with Crippen molar-refractivity contribution in [3.8, 4) is 11.4 Å². The van der Waals surface area contributed by atoms with Crippen LogP contribution < -0.4 is 5.73 Å². The molecule has 0 unspecified atom stereocenters. The minimum absolute atomic E-state index is 0.251. The van der Waals surface area contributed by atoms with Crippen molar-refractivity contribution in [3.63, 3.8) is 0 Å². The van der Waals surface area contributed by atoms with Crippen molar-refractivity contribution in [2.75, 3.05) is 0 Å². The zero-order chi connectivity index (χ0) is 12.5. The molecule has 2 aromatic heterocycles. The maximum atomic E-state index is 5.45. The van der Waals surface area contributed by atoms with Gasteiger partial charge in [0, 0.05) is 23.3 Å². The van der Waals surface area contributed by atoms with Crippen molar-refractivity contribution in [1.29, 1.82) is 0 Å². The molecular weight excluding hydrogens is 228 g/mol. The van der Waals surface area contributed by atoms with Gasteiger partial charge < -0.3 is 10.3 Å². The second-order valence-electron chi connectivity index (χ2n) is 4.11. The summed E-state index contributed by atoms with van der Waals surface area (Å²) in [6, 6.07) is 6.02. The maximum absolute atomic E-state index is 5.45. The standard InChI is InChI=1S/C13H12N4O/c1-8-6-15-7-10-4-9(2-3-11(8)10)13-16-12(5-14)18-17-13/h2-4,6-7H,5,14H2,1H3. The molecule has 0 spiro atoms. The molecule has 3 aromatic rings. The van der Waals surface area contributed by atoms with Crippen LogP contribution in [0, 0.1) is 6.92 Å². The lowest BCUT2D eigenvalue weighted by Crippen LogP contribution is -1.95. The van der Waals surface area contributed by atoms with Crippen LogP contribution in [0.25, 0.3) is 22.2 Å². The minimum atomic E-state index is 0.251. The molecule has 0 aliphatic heterocycles. The van der Waals surface area contributed by atoms with Crippen LogP contribution in [0.4, 0.5) is 0 Å². The van der Waals surface area contributed by atoms with Crippen LogP contribution in [0.3, 0.4) is 0 Å². The Kier molecular flexibility index (Phi) is 2.53. The summed E-state index contributed by atoms with van der Waals surface area (Å²) >= 11 is 0. The van der Waals surface area contributed by atoms with Gasteiger partial charge >= 0.3 is 0 Å². The topological polar surface area (TPSA) is 77.8 Å². The highest BCUT2D eigenvalue weighted by Gasteiger charge is 2.08. The SMILES string of the molecule is Cc1cncc2cc(-c3noc(CN)n3)ccc12. The fourth-order valence-electron chi connectivity index (χ4n) is 1.92. The zero-order valence-electron chi connectivity index (χ0n) is 9.92. The van der Waals surface area contributed by atoms with Crippen molar-refractivity contribution in [2.24, 2.45) is 5.73 Å². The van der Waals surface area contributed by atoms with Gasteiger partial charge in [0.2, 0.25) is 11.7 Å². The number of aromatic nitrogens is 3. The van der Waals surface area contributed by atoms with E-state index in [0.717, 1.165) is 16.5 Å². The largest absolute Gasteiger partial charge is 0.338 e. The minimum Gasteiger partial charge on any atom is -0.338 e. The molecule has 2 heterocycles. The molecule has 0 amide bonds. The number of rotatable bonds is 2. The van der Waals surface area contributed by atoms with Crippen LogP contribution in [0.2, 0.25) is 0 Å². The summed E-state index contributed by atoms with van der Waals surface area (Å²) in [6.45, 7) is 2.29. The smallest absolute Gasteiger partial charge is 0.240 e. The normalized spacial score (nSPS) is 11.0. The van der Waals surface area contributed by atoms with Crippen LogP contribution in [-0.4, -0.2) is 15.1 Å². The summed E-state index contributed by atoms with van der Waals surface area (Å²) in [5, 5.41) is 6.14. The first-order chi connectivity index (χ1) is 8.78. The quantitative estimate of drug-likeness (QED) is 0.741. The number of hydrogen-bond acceptors (Lipinski definition) is 5. The molecule has 5 heteroatoms. The van der Waals surface area contributed by atoms with Crippen LogP contribution >= 0.6 is 0 Å². The van der Waals surface area contributed by atoms with E-state index in [9.17, 15) is 0 Å². The molecule has 1 aromatic carbocycles. The predicted octanol–water partition coefficient (Wildman–Crippen LogP) is 2.05. The first-order valence-electron chi connectivity index (χ1n) is 5.65. The van der Waals surface area contributed by atoms with Gasteiger partial charge in [-0.1, -0.05) is 17.3 Å². The summed E-state index contributed by atoms with van der Waals surface area (Å²) in [7, 11) is 0. The van der Waals surface area contributed by atoms with E-state index in [1.165, 1.54) is 5.39 Å². The van der Waals surface area contributed by atoms with Crippen molar-refractivity contribution in [3.05, 3.63) is 42.0 Å². The fraction of sp³-hybridized carbons (Fsp3) is 0.154. The summed E-state index contributed by atoms with van der Waals surface area (Å²) < 4.78 is 5.00. The van der Waals surface area contributed by atoms with Gasteiger partial charge in [-0.2, -0.15) is 4.98 Å². The molecule has 0 aliphatic rings. The van der Waals surface area contributed by atoms with Crippen LogP contribution in [0.5, 0.6) is 0 Å². The Morgan fingerprint density at radius 2 is 2.17 bits per heavy atom. The summed E-state index contributed by atoms with van der Waals surface area (Å²) in [6.07, 6.45) is 3.68. The maximum Gasteiger partial charge on any atom is 0.240 e. The highest BCUT2D eigenvalue weighted by Crippen LogP contribution is 2.23. The molecule has 18 heavy (non-hydrogen) atoms. The van der Waals surface area contributed by atoms with Gasteiger partial charge in [-0.15, -0.1) is 0 Å². The van der Waals surface area contributed by atoms with E-state index < -0.39 is 0 Å². The lowest BCUT2D eigenvalue weighted by atomic mass is 10.1. The van der Waals surface area contributed by atoms with E-state index in [1.54, 1.807) is 0 Å². The average molecular weight is 240 g/mol. The third-order valence-electron chi connectivity index (χ3n) is 2.86. The van der Waals surface area contributed by atoms with Crippen LogP contribution in [-0.2, 0) is 6.54 Å². The third-order valence-corrected chi connectivity index (χ3v) is 2.86. The van der Waals surface area contributed by atoms with Gasteiger partial charge in [0.25, 0.3) is 0 Å². The molecule has 5 nitrogen and oxygen atoms in total. The Labute approximate surface area is 104 Å². The van der Waals surface area contributed by atoms with E-state index in [4.69, 9.17) is 10.3 Å². The molecule has 0 atom stereocenters. The molecule has 0 saturated carbocycles. The molecule has 2 N–H and O–H groups in total. The number of aryl methyl sites for hydroxylation is 1. The van der Waals surface area contributed by atoms with E-state index in [1.807, 2.05) is 37.5 Å². The lowest BCUT2D eigenvalue weighted by Gasteiger charge is -2.02. The molecule has 0 aliphatic carbocycles. The van der Waals surface area contributed by atoms with Gasteiger partial charge in [0.15, 0.2) is 0 Å². The number of nitrogens with two attached hydrogens (primary N) is 1. The van der Waals surface area contributed by atoms with E-state index >= 15 is 0 Å². The van der Waals surface area contributed by atoms with Crippen molar-refractivity contribution in [1.82, 2.24) is 15.1 Å². The summed E-state index contributed by atoms with van der Waals surface area (Å²) in [5.41, 5.74) is 7.49. The lowest BCUT2D eigenvalue weighted by molar-refractivity contribution is 0.380. The van der Waals surface area contributed by atoms with Gasteiger partial charge in [0.05, 0.1) is 6.54 Å². The molecular formula is C13H12N4O. The van der Waals surface area contributed by atoms with Gasteiger partial charge in [0.1, 0.15) is 0 Å². The molecule has 0 saturated heterocycles. The monoisotopic (exact) mass is 240 g/mol. The third kappa shape index (κ3) is 1.74. The van der Waals surface area contributed by atoms with E-state index in [-0.39, 0.29) is 6.54 Å². The highest BCUT2D eigenvalue weighted by molar-refractivity contribution is 5.87. The van der Waals surface area contributed by atoms with Crippen LogP contribution in [0.15, 0.2) is 35.1 Å². The first kappa shape index (κ1) is 10.9. The van der Waals surface area contributed by atoms with Crippen molar-refractivity contribution in [2.45, 2.75) is 13.5 Å². The Bertz CT molecular complexity index is 705. The average Bonchev–Trinajstić information content (AvgIpc) is 2.87. The number of nitrogens with zero attached hydrogens (tertiary/aromatic N) is 3. The van der Waals surface area contributed by atoms with E-state index in [2.05, 4.69) is 15.1 Å². The van der Waals surface area contributed by atoms with E-state index in [0.29, 0.717) is 11.7 Å². The fourth-order valence-corrected chi connectivity index (χ4v) is 1.92. The summed E-state index contributed by atoms with van der Waals surface area (Å²) in [4.78, 5) is 8.39. The van der Waals surface area contributed by atoms with Gasteiger partial charge in [-0.05, 0) is 23.9 Å². The Balaban J connectivity index is 2.13. The second-order valence-corrected chi connectivity index (χ2v) is 4.11. The Hall–Kier alpha value is -2.27. The Morgan fingerprint density at radius 1 is 1.28 bits per heavy atom. The summed E-state index contributed by atoms with van der Waals surface area (Å²) in [5.74, 6) is 0.992. The van der Waals surface area contributed by atoms with Gasteiger partial charge in [-0.25, -0.2) is 0 Å². The first-order valence-corrected chi connectivity index (χ1v) is 5.65. The van der Waals surface area contributed by atoms with Gasteiger partial charge in [-0.3, -0.25) is 4.98 Å². The second kappa shape index (κ2) is 4.19. The number of pyridine rings is 1. The highest BCUT2D eigenvalue weighted by atomic mass is 16.5. The number of hydrogen-bond donors (Lipinski definition) is 1. The van der Waals surface area contributed by atoms with Crippen molar-refractivity contribution >= 4 is 10.8 Å². The predicted molar refractivity (Wildman–Crippen MR) is 67.7 cm³/mol. The Morgan fingerprint density at radius 3 is 2.94 bits per heavy atom. The van der Waals surface area contributed by atoms with Crippen LogP contribution in [0.1, 0.15) is 11.5 Å². The molecule has 0 radical (unpaired) electrons. The molecule has 0 fully saturated rings. The molecule has 3 rings (SSSR count). The number of fused-ring (bicyclic) bond motifs is 1. The zero-order valence-corrected chi connectivity index (χ0v) is 9.92.